The molecule has 0 saturated carbocycles. The number of aliphatic carboxylic acids is 5. The van der Waals surface area contributed by atoms with Crippen LogP contribution in [-0.4, -0.2) is 155 Å². The second kappa shape index (κ2) is 18.6. The molecule has 248 valence electrons. The Morgan fingerprint density at radius 2 is 1.27 bits per heavy atom. The maximum atomic E-state index is 12.1. The Morgan fingerprint density at radius 3 is 1.75 bits per heavy atom. The van der Waals surface area contributed by atoms with Gasteiger partial charge in [-0.25, -0.2) is 0 Å². The molecule has 0 radical (unpaired) electrons. The summed E-state index contributed by atoms with van der Waals surface area (Å²) in [6, 6.07) is 2.32. The highest BCUT2D eigenvalue weighted by atomic mass is 32.2. The van der Waals surface area contributed by atoms with Crippen LogP contribution in [0.15, 0.2) is 23.1 Å². The second-order valence-electron chi connectivity index (χ2n) is 9.57. The number of unbranched alkanes of at least 4 members (excludes halogenated alkanes) is 1. The highest BCUT2D eigenvalue weighted by Gasteiger charge is 2.29. The lowest BCUT2D eigenvalue weighted by molar-refractivity contribution is -0.144. The van der Waals surface area contributed by atoms with Crippen LogP contribution in [0.4, 0.5) is 0 Å². The van der Waals surface area contributed by atoms with Gasteiger partial charge in [-0.05, 0) is 18.6 Å². The van der Waals surface area contributed by atoms with E-state index in [2.05, 4.69) is 0 Å². The van der Waals surface area contributed by atoms with Crippen molar-refractivity contribution in [1.82, 2.24) is 14.7 Å². The van der Waals surface area contributed by atoms with Crippen molar-refractivity contribution >= 4 is 40.0 Å². The first-order valence-electron chi connectivity index (χ1n) is 13.2. The number of nitrogens with zero attached hydrogens (tertiary/aromatic N) is 3. The average molecular weight is 652 g/mol. The van der Waals surface area contributed by atoms with E-state index in [9.17, 15) is 52.3 Å². The standard InChI is InChI=1S/C25H37N3O15S/c1-2-3-8-42-18-4-5-19(20(9-18)44(39,40)41)43-16-17(28(14-24(35)36)15-25(37)38)10-26(11-21(29)30)6-7-27(12-22(31)32)13-23(33)34/h4-5,9,17H,2-3,6-8,10-16H2,1H3,(H,29,30)(H,31,32)(H,33,34)(H,35,36)(H,37,38)(H,39,40,41). The molecule has 1 atom stereocenters. The summed E-state index contributed by atoms with van der Waals surface area (Å²) in [5.74, 6) is -7.20. The summed E-state index contributed by atoms with van der Waals surface area (Å²) in [7, 11) is -4.87. The molecule has 0 amide bonds. The van der Waals surface area contributed by atoms with Crippen LogP contribution in [-0.2, 0) is 34.1 Å². The average Bonchev–Trinajstić information content (AvgIpc) is 2.87. The van der Waals surface area contributed by atoms with Gasteiger partial charge in [0.25, 0.3) is 10.1 Å². The molecule has 0 bridgehead atoms. The van der Waals surface area contributed by atoms with Gasteiger partial charge in [0.15, 0.2) is 0 Å². The molecule has 0 heterocycles. The fourth-order valence-electron chi connectivity index (χ4n) is 3.96. The largest absolute Gasteiger partial charge is 0.494 e. The summed E-state index contributed by atoms with van der Waals surface area (Å²) in [4.78, 5) is 59.5. The summed E-state index contributed by atoms with van der Waals surface area (Å²) in [5, 5.41) is 46.4. The third-order valence-electron chi connectivity index (χ3n) is 5.86. The first-order valence-corrected chi connectivity index (χ1v) is 14.6. The van der Waals surface area contributed by atoms with Crippen LogP contribution in [0, 0.1) is 0 Å². The Bertz CT molecular complexity index is 1230. The van der Waals surface area contributed by atoms with Crippen LogP contribution < -0.4 is 9.47 Å². The van der Waals surface area contributed by atoms with Crippen molar-refractivity contribution in [3.05, 3.63) is 18.2 Å². The highest BCUT2D eigenvalue weighted by Crippen LogP contribution is 2.29. The van der Waals surface area contributed by atoms with Crippen molar-refractivity contribution in [2.45, 2.75) is 30.7 Å². The van der Waals surface area contributed by atoms with Gasteiger partial charge >= 0.3 is 29.8 Å². The molecule has 0 aromatic heterocycles. The van der Waals surface area contributed by atoms with Gasteiger partial charge in [-0.3, -0.25) is 43.2 Å². The lowest BCUT2D eigenvalue weighted by Crippen LogP contribution is -2.52. The Balaban J connectivity index is 3.38. The van der Waals surface area contributed by atoms with E-state index < -0.39 is 90.2 Å². The molecule has 0 saturated heterocycles. The van der Waals surface area contributed by atoms with Crippen LogP contribution in [0.25, 0.3) is 0 Å². The van der Waals surface area contributed by atoms with Crippen LogP contribution in [0.1, 0.15) is 19.8 Å². The van der Waals surface area contributed by atoms with Gasteiger partial charge in [-0.2, -0.15) is 8.42 Å². The third-order valence-corrected chi connectivity index (χ3v) is 6.74. The van der Waals surface area contributed by atoms with E-state index in [0.717, 1.165) is 22.3 Å². The third kappa shape index (κ3) is 15.4. The molecule has 0 spiro atoms. The zero-order valence-corrected chi connectivity index (χ0v) is 24.7. The van der Waals surface area contributed by atoms with E-state index in [-0.39, 0.29) is 37.7 Å². The lowest BCUT2D eigenvalue weighted by Gasteiger charge is -2.34. The fraction of sp³-hybridized carbons (Fsp3) is 0.560. The van der Waals surface area contributed by atoms with E-state index >= 15 is 0 Å². The molecule has 19 heteroatoms. The molecule has 0 aliphatic heterocycles. The molecule has 1 unspecified atom stereocenters. The molecular weight excluding hydrogens is 614 g/mol. The van der Waals surface area contributed by atoms with E-state index in [1.165, 1.54) is 17.0 Å². The van der Waals surface area contributed by atoms with Gasteiger partial charge in [0.1, 0.15) is 23.0 Å². The predicted octanol–water partition coefficient (Wildman–Crippen LogP) is -0.811. The normalized spacial score (nSPS) is 12.3. The van der Waals surface area contributed by atoms with Crippen molar-refractivity contribution in [1.29, 1.82) is 0 Å². The van der Waals surface area contributed by atoms with Crippen molar-refractivity contribution in [3.8, 4) is 11.5 Å². The molecule has 0 aliphatic carbocycles. The maximum absolute atomic E-state index is 12.1. The van der Waals surface area contributed by atoms with Crippen molar-refractivity contribution in [2.24, 2.45) is 0 Å². The topological polar surface area (TPSA) is 269 Å². The number of carbonyl (C=O) groups is 5. The molecule has 0 aliphatic rings. The monoisotopic (exact) mass is 651 g/mol. The summed E-state index contributed by atoms with van der Waals surface area (Å²) in [5.41, 5.74) is 0. The number of ether oxygens (including phenoxy) is 2. The smallest absolute Gasteiger partial charge is 0.317 e. The molecule has 44 heavy (non-hydrogen) atoms. The maximum Gasteiger partial charge on any atom is 0.317 e. The van der Waals surface area contributed by atoms with Crippen LogP contribution in [0.3, 0.4) is 0 Å². The minimum absolute atomic E-state index is 0.105. The Labute approximate surface area is 252 Å². The summed E-state index contributed by atoms with van der Waals surface area (Å²) < 4.78 is 45.1. The van der Waals surface area contributed by atoms with E-state index in [1.807, 2.05) is 6.92 Å². The molecule has 6 N–H and O–H groups in total. The minimum atomic E-state index is -4.87. The molecule has 1 aromatic carbocycles. The quantitative estimate of drug-likeness (QED) is 0.0589. The van der Waals surface area contributed by atoms with Crippen molar-refractivity contribution in [2.75, 3.05) is 65.6 Å². The predicted molar refractivity (Wildman–Crippen MR) is 149 cm³/mol. The van der Waals surface area contributed by atoms with Gasteiger partial charge in [0.05, 0.1) is 45.4 Å². The Morgan fingerprint density at radius 1 is 0.773 bits per heavy atom. The molecular formula is C25H37N3O15S. The van der Waals surface area contributed by atoms with Gasteiger partial charge in [-0.15, -0.1) is 0 Å². The Hall–Kier alpha value is -4.04. The zero-order chi connectivity index (χ0) is 33.4. The van der Waals surface area contributed by atoms with Gasteiger partial charge < -0.3 is 35.0 Å². The number of carboxylic acid groups (broad SMARTS) is 5. The second-order valence-corrected chi connectivity index (χ2v) is 11.0. The number of benzene rings is 1. The van der Waals surface area contributed by atoms with Gasteiger partial charge in [0.2, 0.25) is 0 Å². The number of hydrogen-bond donors (Lipinski definition) is 6. The Kier molecular flexibility index (Phi) is 16.0. The van der Waals surface area contributed by atoms with Crippen molar-refractivity contribution in [3.63, 3.8) is 0 Å². The number of hydrogen-bond acceptors (Lipinski definition) is 12. The van der Waals surface area contributed by atoms with Crippen LogP contribution in [0.5, 0.6) is 11.5 Å². The van der Waals surface area contributed by atoms with Crippen molar-refractivity contribution < 1.29 is 71.9 Å². The van der Waals surface area contributed by atoms with E-state index in [0.29, 0.717) is 6.42 Å². The van der Waals surface area contributed by atoms with Gasteiger partial charge in [-0.1, -0.05) is 13.3 Å². The first kappa shape index (κ1) is 38.0. The number of rotatable bonds is 24. The SMILES string of the molecule is CCCCOc1ccc(OCC(CN(CCN(CC(=O)O)CC(=O)O)CC(=O)O)N(CC(=O)O)CC(=O)O)c(S(=O)(=O)O)c1. The lowest BCUT2D eigenvalue weighted by atomic mass is 10.2. The van der Waals surface area contributed by atoms with Crippen LogP contribution >= 0.6 is 0 Å². The van der Waals surface area contributed by atoms with E-state index in [1.54, 1.807) is 0 Å². The number of carboxylic acids is 5. The first-order chi connectivity index (χ1) is 20.5. The summed E-state index contributed by atoms with van der Waals surface area (Å²) >= 11 is 0. The van der Waals surface area contributed by atoms with Gasteiger partial charge in [0, 0.05) is 25.7 Å². The fourth-order valence-corrected chi connectivity index (χ4v) is 4.60. The zero-order valence-electron chi connectivity index (χ0n) is 23.9. The summed E-state index contributed by atoms with van der Waals surface area (Å²) in [6.07, 6.45) is 1.47. The van der Waals surface area contributed by atoms with Crippen LogP contribution in [0.2, 0.25) is 0 Å². The highest BCUT2D eigenvalue weighted by molar-refractivity contribution is 7.86. The minimum Gasteiger partial charge on any atom is -0.494 e. The molecule has 1 aromatic rings. The van der Waals surface area contributed by atoms with E-state index in [4.69, 9.17) is 19.7 Å². The molecule has 1 rings (SSSR count). The molecule has 18 nitrogen and oxygen atoms in total. The molecule has 0 fully saturated rings. The summed E-state index contributed by atoms with van der Waals surface area (Å²) in [6.45, 7) is -3.04.